The third-order valence-electron chi connectivity index (χ3n) is 2.61. The summed E-state index contributed by atoms with van der Waals surface area (Å²) in [5.41, 5.74) is 0. The first kappa shape index (κ1) is 10.9. The van der Waals surface area contributed by atoms with Crippen LogP contribution < -0.4 is 5.32 Å². The molecule has 1 aromatic rings. The van der Waals surface area contributed by atoms with Crippen LogP contribution in [0.3, 0.4) is 0 Å². The summed E-state index contributed by atoms with van der Waals surface area (Å²) in [4.78, 5) is 4.25. The normalized spacial score (nSPS) is 20.5. The number of ether oxygens (including phenoxy) is 1. The summed E-state index contributed by atoms with van der Waals surface area (Å²) in [7, 11) is 0. The Morgan fingerprint density at radius 3 is 3.13 bits per heavy atom. The molecule has 15 heavy (non-hydrogen) atoms. The van der Waals surface area contributed by atoms with Crippen molar-refractivity contribution >= 4 is 21.7 Å². The van der Waals surface area contributed by atoms with Crippen molar-refractivity contribution < 1.29 is 4.74 Å². The Labute approximate surface area is 98.4 Å². The predicted molar refractivity (Wildman–Crippen MR) is 64.0 cm³/mol. The van der Waals surface area contributed by atoms with Crippen molar-refractivity contribution in [1.82, 2.24) is 4.98 Å². The smallest absolute Gasteiger partial charge is 0.125 e. The van der Waals surface area contributed by atoms with E-state index in [-0.39, 0.29) is 0 Å². The fourth-order valence-corrected chi connectivity index (χ4v) is 1.93. The molecule has 4 heteroatoms. The molecule has 1 aliphatic rings. The molecule has 2 rings (SSSR count). The van der Waals surface area contributed by atoms with E-state index in [1.807, 2.05) is 12.1 Å². The molecule has 0 aromatic carbocycles. The fourth-order valence-electron chi connectivity index (χ4n) is 1.70. The van der Waals surface area contributed by atoms with Crippen LogP contribution in [0, 0.1) is 5.92 Å². The predicted octanol–water partition coefficient (Wildman–Crippen LogP) is 2.68. The molecule has 3 nitrogen and oxygen atoms in total. The molecule has 1 aromatic heterocycles. The number of halogens is 1. The zero-order valence-electron chi connectivity index (χ0n) is 8.58. The van der Waals surface area contributed by atoms with E-state index in [1.165, 1.54) is 6.42 Å². The minimum atomic E-state index is 0.730. The van der Waals surface area contributed by atoms with Gasteiger partial charge in [-0.15, -0.1) is 0 Å². The second-order valence-electron chi connectivity index (χ2n) is 3.81. The number of nitrogens with one attached hydrogen (secondary N) is 1. The molecule has 1 aliphatic heterocycles. The topological polar surface area (TPSA) is 34.1 Å². The lowest BCUT2D eigenvalue weighted by Gasteiger charge is -2.08. The number of anilines is 1. The molecule has 2 heterocycles. The second-order valence-corrected chi connectivity index (χ2v) is 4.72. The number of pyridine rings is 1. The highest BCUT2D eigenvalue weighted by molar-refractivity contribution is 9.10. The Hall–Kier alpha value is -0.610. The summed E-state index contributed by atoms with van der Waals surface area (Å²) < 4.78 is 6.34. The Kier molecular flexibility index (Phi) is 3.97. The Balaban J connectivity index is 1.71. The molecule has 1 N–H and O–H groups in total. The van der Waals surface area contributed by atoms with Crippen LogP contribution in [0.1, 0.15) is 12.8 Å². The standard InChI is InChI=1S/C11H15BrN2O/c12-10-1-2-11(14-7-10)13-5-3-9-4-6-15-8-9/h1-2,7,9H,3-6,8H2,(H,13,14). The molecule has 0 spiro atoms. The molecule has 0 bridgehead atoms. The highest BCUT2D eigenvalue weighted by atomic mass is 79.9. The van der Waals surface area contributed by atoms with Gasteiger partial charge in [-0.25, -0.2) is 4.98 Å². The highest BCUT2D eigenvalue weighted by Crippen LogP contribution is 2.16. The van der Waals surface area contributed by atoms with E-state index in [9.17, 15) is 0 Å². The Morgan fingerprint density at radius 2 is 2.47 bits per heavy atom. The van der Waals surface area contributed by atoms with E-state index >= 15 is 0 Å². The molecule has 0 aliphatic carbocycles. The van der Waals surface area contributed by atoms with E-state index in [2.05, 4.69) is 26.2 Å². The van der Waals surface area contributed by atoms with Crippen molar-refractivity contribution in [3.8, 4) is 0 Å². The van der Waals surface area contributed by atoms with Crippen LogP contribution in [-0.4, -0.2) is 24.7 Å². The second kappa shape index (κ2) is 5.47. The Morgan fingerprint density at radius 1 is 1.53 bits per heavy atom. The minimum absolute atomic E-state index is 0.730. The van der Waals surface area contributed by atoms with E-state index in [4.69, 9.17) is 4.74 Å². The lowest BCUT2D eigenvalue weighted by Crippen LogP contribution is -2.09. The van der Waals surface area contributed by atoms with Gasteiger partial charge in [-0.2, -0.15) is 0 Å². The highest BCUT2D eigenvalue weighted by Gasteiger charge is 2.14. The lowest BCUT2D eigenvalue weighted by atomic mass is 10.1. The van der Waals surface area contributed by atoms with Crippen LogP contribution in [0.5, 0.6) is 0 Å². The molecule has 1 unspecified atom stereocenters. The van der Waals surface area contributed by atoms with Crippen molar-refractivity contribution in [3.05, 3.63) is 22.8 Å². The summed E-state index contributed by atoms with van der Waals surface area (Å²) in [6.07, 6.45) is 4.17. The summed E-state index contributed by atoms with van der Waals surface area (Å²) >= 11 is 3.36. The summed E-state index contributed by atoms with van der Waals surface area (Å²) in [6.45, 7) is 2.83. The zero-order valence-corrected chi connectivity index (χ0v) is 10.2. The lowest BCUT2D eigenvalue weighted by molar-refractivity contribution is 0.185. The van der Waals surface area contributed by atoms with Gasteiger partial charge in [-0.1, -0.05) is 0 Å². The van der Waals surface area contributed by atoms with Crippen molar-refractivity contribution in [2.75, 3.05) is 25.1 Å². The van der Waals surface area contributed by atoms with Gasteiger partial charge in [-0.05, 0) is 46.8 Å². The fraction of sp³-hybridized carbons (Fsp3) is 0.545. The van der Waals surface area contributed by atoms with Gasteiger partial charge >= 0.3 is 0 Å². The molecule has 82 valence electrons. The maximum absolute atomic E-state index is 5.33. The summed E-state index contributed by atoms with van der Waals surface area (Å²) in [5.74, 6) is 1.67. The Bertz CT molecular complexity index is 296. The van der Waals surface area contributed by atoms with Crippen LogP contribution in [0.15, 0.2) is 22.8 Å². The van der Waals surface area contributed by atoms with Gasteiger partial charge in [0.25, 0.3) is 0 Å². The molecule has 1 saturated heterocycles. The van der Waals surface area contributed by atoms with Crippen LogP contribution >= 0.6 is 15.9 Å². The SMILES string of the molecule is Brc1ccc(NCCC2CCOC2)nc1. The molecule has 1 atom stereocenters. The van der Waals surface area contributed by atoms with Crippen molar-refractivity contribution in [2.24, 2.45) is 5.92 Å². The van der Waals surface area contributed by atoms with Crippen LogP contribution in [-0.2, 0) is 4.74 Å². The van der Waals surface area contributed by atoms with Crippen molar-refractivity contribution in [2.45, 2.75) is 12.8 Å². The quantitative estimate of drug-likeness (QED) is 0.914. The molecule has 0 radical (unpaired) electrons. The van der Waals surface area contributed by atoms with Gasteiger partial charge in [-0.3, -0.25) is 0 Å². The molecule has 0 saturated carbocycles. The first-order valence-electron chi connectivity index (χ1n) is 5.28. The van der Waals surface area contributed by atoms with Gasteiger partial charge in [0.1, 0.15) is 5.82 Å². The van der Waals surface area contributed by atoms with Crippen molar-refractivity contribution in [3.63, 3.8) is 0 Å². The van der Waals surface area contributed by atoms with Gasteiger partial charge in [0, 0.05) is 30.4 Å². The molecule has 1 fully saturated rings. The third-order valence-corrected chi connectivity index (χ3v) is 3.08. The van der Waals surface area contributed by atoms with Crippen LogP contribution in [0.2, 0.25) is 0 Å². The van der Waals surface area contributed by atoms with E-state index in [0.717, 1.165) is 42.4 Å². The van der Waals surface area contributed by atoms with Gasteiger partial charge in [0.05, 0.1) is 0 Å². The molecular weight excluding hydrogens is 256 g/mol. The minimum Gasteiger partial charge on any atom is -0.381 e. The number of rotatable bonds is 4. The molecular formula is C11H15BrN2O. The number of nitrogens with zero attached hydrogens (tertiary/aromatic N) is 1. The third kappa shape index (κ3) is 3.47. The zero-order chi connectivity index (χ0) is 10.5. The van der Waals surface area contributed by atoms with Crippen LogP contribution in [0.25, 0.3) is 0 Å². The maximum atomic E-state index is 5.33. The monoisotopic (exact) mass is 270 g/mol. The van der Waals surface area contributed by atoms with Gasteiger partial charge in [0.2, 0.25) is 0 Å². The van der Waals surface area contributed by atoms with E-state index in [1.54, 1.807) is 6.20 Å². The maximum Gasteiger partial charge on any atom is 0.125 e. The number of hydrogen-bond acceptors (Lipinski definition) is 3. The first-order valence-corrected chi connectivity index (χ1v) is 6.07. The van der Waals surface area contributed by atoms with E-state index in [0.29, 0.717) is 0 Å². The van der Waals surface area contributed by atoms with Crippen LogP contribution in [0.4, 0.5) is 5.82 Å². The van der Waals surface area contributed by atoms with Gasteiger partial charge in [0.15, 0.2) is 0 Å². The average Bonchev–Trinajstić information content (AvgIpc) is 2.74. The average molecular weight is 271 g/mol. The summed E-state index contributed by atoms with van der Waals surface area (Å²) in [6, 6.07) is 3.98. The first-order chi connectivity index (χ1) is 7.34. The molecule has 0 amide bonds. The van der Waals surface area contributed by atoms with Crippen molar-refractivity contribution in [1.29, 1.82) is 0 Å². The van der Waals surface area contributed by atoms with Gasteiger partial charge < -0.3 is 10.1 Å². The number of aromatic nitrogens is 1. The van der Waals surface area contributed by atoms with E-state index < -0.39 is 0 Å². The number of hydrogen-bond donors (Lipinski definition) is 1. The summed E-state index contributed by atoms with van der Waals surface area (Å²) in [5, 5.41) is 3.31. The largest absolute Gasteiger partial charge is 0.381 e.